The molecule has 9 nitrogen and oxygen atoms in total. The Bertz CT molecular complexity index is 811. The van der Waals surface area contributed by atoms with E-state index in [9.17, 15) is 0 Å². The highest BCUT2D eigenvalue weighted by Gasteiger charge is 2.23. The molecular formula is C22H34N6O3. The minimum Gasteiger partial charge on any atom is -0.484 e. The first-order valence-corrected chi connectivity index (χ1v) is 10.8. The molecule has 31 heavy (non-hydrogen) atoms. The highest BCUT2D eigenvalue weighted by atomic mass is 16.6. The molecule has 0 aromatic carbocycles. The van der Waals surface area contributed by atoms with Crippen molar-refractivity contribution >= 4 is 5.82 Å². The minimum atomic E-state index is -0.100. The van der Waals surface area contributed by atoms with Crippen LogP contribution in [0.4, 0.5) is 5.82 Å². The maximum absolute atomic E-state index is 6.11. The van der Waals surface area contributed by atoms with Gasteiger partial charge in [0, 0.05) is 50.2 Å². The number of hydrogen-bond acceptors (Lipinski definition) is 9. The van der Waals surface area contributed by atoms with Crippen LogP contribution in [0, 0.1) is 5.92 Å². The van der Waals surface area contributed by atoms with E-state index in [0.29, 0.717) is 42.7 Å². The Kier molecular flexibility index (Phi) is 8.25. The van der Waals surface area contributed by atoms with Crippen LogP contribution in [0.25, 0.3) is 0 Å². The zero-order chi connectivity index (χ0) is 22.2. The molecule has 1 saturated heterocycles. The summed E-state index contributed by atoms with van der Waals surface area (Å²) < 4.78 is 18.0. The first-order valence-electron chi connectivity index (χ1n) is 10.8. The Morgan fingerprint density at radius 3 is 2.58 bits per heavy atom. The zero-order valence-electron chi connectivity index (χ0n) is 19.1. The predicted molar refractivity (Wildman–Crippen MR) is 120 cm³/mol. The van der Waals surface area contributed by atoms with Crippen LogP contribution in [-0.2, 0) is 0 Å². The fraction of sp³-hybridized carbons (Fsp3) is 0.591. The number of pyridine rings is 1. The van der Waals surface area contributed by atoms with Gasteiger partial charge in [-0.15, -0.1) is 0 Å². The van der Waals surface area contributed by atoms with Gasteiger partial charge in [-0.3, -0.25) is 4.90 Å². The maximum Gasteiger partial charge on any atom is 0.258 e. The van der Waals surface area contributed by atoms with Crippen molar-refractivity contribution in [2.75, 3.05) is 51.8 Å². The fourth-order valence-electron chi connectivity index (χ4n) is 3.59. The molecule has 1 aliphatic rings. The number of aromatic nitrogens is 3. The molecule has 3 heterocycles. The second kappa shape index (κ2) is 11.1. The second-order valence-corrected chi connectivity index (χ2v) is 8.15. The Labute approximate surface area is 184 Å². The summed E-state index contributed by atoms with van der Waals surface area (Å²) in [6.07, 6.45) is 4.94. The minimum absolute atomic E-state index is 0.100. The smallest absolute Gasteiger partial charge is 0.258 e. The molecule has 2 aromatic heterocycles. The molecule has 0 amide bonds. The molecule has 0 aliphatic carbocycles. The highest BCUT2D eigenvalue weighted by molar-refractivity contribution is 5.49. The maximum atomic E-state index is 6.11. The van der Waals surface area contributed by atoms with Gasteiger partial charge in [-0.05, 0) is 33.2 Å². The van der Waals surface area contributed by atoms with Crippen LogP contribution < -0.4 is 24.4 Å². The van der Waals surface area contributed by atoms with Crippen molar-refractivity contribution in [2.24, 2.45) is 5.92 Å². The van der Waals surface area contributed by atoms with Gasteiger partial charge < -0.3 is 24.4 Å². The van der Waals surface area contributed by atoms with Crippen molar-refractivity contribution in [3.05, 3.63) is 30.7 Å². The SMILES string of the molecule is CC(C)C(Oc1ncccc1OCCOc1nccnc1N1CCNC[C@H]1C)N(C)C. The highest BCUT2D eigenvalue weighted by Crippen LogP contribution is 2.27. The first-order chi connectivity index (χ1) is 15.0. The molecule has 0 bridgehead atoms. The first kappa shape index (κ1) is 23.0. The third-order valence-corrected chi connectivity index (χ3v) is 5.05. The van der Waals surface area contributed by atoms with Crippen LogP contribution in [0.15, 0.2) is 30.7 Å². The van der Waals surface area contributed by atoms with Crippen molar-refractivity contribution < 1.29 is 14.2 Å². The molecule has 2 aromatic rings. The molecule has 0 spiro atoms. The summed E-state index contributed by atoms with van der Waals surface area (Å²) in [5.74, 6) is 2.66. The monoisotopic (exact) mass is 430 g/mol. The van der Waals surface area contributed by atoms with Crippen molar-refractivity contribution in [3.63, 3.8) is 0 Å². The Morgan fingerprint density at radius 1 is 1.10 bits per heavy atom. The average Bonchev–Trinajstić information content (AvgIpc) is 2.76. The van der Waals surface area contributed by atoms with Gasteiger partial charge in [-0.1, -0.05) is 13.8 Å². The lowest BCUT2D eigenvalue weighted by atomic mass is 10.2. The quantitative estimate of drug-likeness (QED) is 0.450. The van der Waals surface area contributed by atoms with Crippen molar-refractivity contribution in [1.82, 2.24) is 25.2 Å². The largest absolute Gasteiger partial charge is 0.484 e. The standard InChI is InChI=1S/C22H34N6O3/c1-16(2)22(27(4)5)31-20-18(7-6-8-25-20)29-13-14-30-21-19(24-9-10-26-21)28-12-11-23-15-17(28)3/h6-10,16-17,22-23H,11-15H2,1-5H3/t17-,22?/m1/s1. The lowest BCUT2D eigenvalue weighted by molar-refractivity contribution is 0.0185. The van der Waals surface area contributed by atoms with E-state index in [1.54, 1.807) is 18.6 Å². The van der Waals surface area contributed by atoms with Gasteiger partial charge in [0.05, 0.1) is 0 Å². The summed E-state index contributed by atoms with van der Waals surface area (Å²) in [6, 6.07) is 4.01. The van der Waals surface area contributed by atoms with Gasteiger partial charge in [0.1, 0.15) is 13.2 Å². The summed E-state index contributed by atoms with van der Waals surface area (Å²) in [4.78, 5) is 17.5. The van der Waals surface area contributed by atoms with Crippen LogP contribution in [0.5, 0.6) is 17.5 Å². The van der Waals surface area contributed by atoms with Gasteiger partial charge in [0.2, 0.25) is 0 Å². The van der Waals surface area contributed by atoms with E-state index in [4.69, 9.17) is 14.2 Å². The van der Waals surface area contributed by atoms with Gasteiger partial charge in [-0.2, -0.15) is 0 Å². The molecule has 1 unspecified atom stereocenters. The van der Waals surface area contributed by atoms with E-state index < -0.39 is 0 Å². The van der Waals surface area contributed by atoms with Gasteiger partial charge >= 0.3 is 0 Å². The van der Waals surface area contributed by atoms with E-state index >= 15 is 0 Å². The summed E-state index contributed by atoms with van der Waals surface area (Å²) in [5.41, 5.74) is 0. The summed E-state index contributed by atoms with van der Waals surface area (Å²) in [5, 5.41) is 3.39. The van der Waals surface area contributed by atoms with E-state index in [1.807, 2.05) is 31.1 Å². The Balaban J connectivity index is 1.59. The van der Waals surface area contributed by atoms with E-state index in [2.05, 4.69) is 45.9 Å². The van der Waals surface area contributed by atoms with Crippen molar-refractivity contribution in [3.8, 4) is 17.5 Å². The van der Waals surface area contributed by atoms with Crippen molar-refractivity contribution in [2.45, 2.75) is 33.0 Å². The number of nitrogens with zero attached hydrogens (tertiary/aromatic N) is 5. The number of nitrogens with one attached hydrogen (secondary N) is 1. The summed E-state index contributed by atoms with van der Waals surface area (Å²) >= 11 is 0. The molecule has 2 atom stereocenters. The predicted octanol–water partition coefficient (Wildman–Crippen LogP) is 2.05. The van der Waals surface area contributed by atoms with Crippen LogP contribution in [0.3, 0.4) is 0 Å². The van der Waals surface area contributed by atoms with E-state index in [1.165, 1.54) is 0 Å². The third-order valence-electron chi connectivity index (χ3n) is 5.05. The Morgan fingerprint density at radius 2 is 1.84 bits per heavy atom. The van der Waals surface area contributed by atoms with Crippen LogP contribution in [-0.4, -0.2) is 79.1 Å². The molecule has 1 aliphatic heterocycles. The number of anilines is 1. The van der Waals surface area contributed by atoms with Gasteiger partial charge in [0.15, 0.2) is 17.8 Å². The molecule has 9 heteroatoms. The lowest BCUT2D eigenvalue weighted by Gasteiger charge is -2.35. The zero-order valence-corrected chi connectivity index (χ0v) is 19.1. The van der Waals surface area contributed by atoms with E-state index in [0.717, 1.165) is 25.5 Å². The lowest BCUT2D eigenvalue weighted by Crippen LogP contribution is -2.50. The van der Waals surface area contributed by atoms with Crippen LogP contribution in [0.2, 0.25) is 0 Å². The van der Waals surface area contributed by atoms with Gasteiger partial charge in [0.25, 0.3) is 11.8 Å². The molecule has 170 valence electrons. The third kappa shape index (κ3) is 6.18. The number of rotatable bonds is 10. The molecule has 3 rings (SSSR count). The molecule has 1 fully saturated rings. The number of piperazine rings is 1. The normalized spacial score (nSPS) is 17.6. The number of hydrogen-bond donors (Lipinski definition) is 1. The molecular weight excluding hydrogens is 396 g/mol. The second-order valence-electron chi connectivity index (χ2n) is 8.15. The summed E-state index contributed by atoms with van der Waals surface area (Å²) in [7, 11) is 3.97. The summed E-state index contributed by atoms with van der Waals surface area (Å²) in [6.45, 7) is 9.75. The topological polar surface area (TPSA) is 84.9 Å². The van der Waals surface area contributed by atoms with Crippen LogP contribution >= 0.6 is 0 Å². The number of ether oxygens (including phenoxy) is 3. The van der Waals surface area contributed by atoms with E-state index in [-0.39, 0.29) is 6.23 Å². The van der Waals surface area contributed by atoms with Gasteiger partial charge in [-0.25, -0.2) is 15.0 Å². The van der Waals surface area contributed by atoms with Crippen LogP contribution in [0.1, 0.15) is 20.8 Å². The Hall–Kier alpha value is -2.65. The van der Waals surface area contributed by atoms with Crippen molar-refractivity contribution in [1.29, 1.82) is 0 Å². The fourth-order valence-corrected chi connectivity index (χ4v) is 3.59. The molecule has 0 saturated carbocycles. The molecule has 1 N–H and O–H groups in total. The average molecular weight is 431 g/mol. The molecule has 0 radical (unpaired) electrons.